The van der Waals surface area contributed by atoms with Crippen molar-refractivity contribution in [3.8, 4) is 6.07 Å². The maximum atomic E-state index is 12.6. The number of aromatic nitrogens is 1. The highest BCUT2D eigenvalue weighted by atomic mass is 16.5. The van der Waals surface area contributed by atoms with Crippen molar-refractivity contribution in [1.29, 1.82) is 5.26 Å². The smallest absolute Gasteiger partial charge is 0.227 e. The molecule has 0 aliphatic rings. The van der Waals surface area contributed by atoms with Gasteiger partial charge in [0.05, 0.1) is 23.7 Å². The summed E-state index contributed by atoms with van der Waals surface area (Å²) in [5, 5.41) is 12.8. The Morgan fingerprint density at radius 2 is 2.00 bits per heavy atom. The Morgan fingerprint density at radius 3 is 2.52 bits per heavy atom. The average molecular weight is 311 g/mol. The summed E-state index contributed by atoms with van der Waals surface area (Å²) in [6.07, 6.45) is 1.20. The second-order valence-corrected chi connectivity index (χ2v) is 5.60. The summed E-state index contributed by atoms with van der Waals surface area (Å²) < 4.78 is 5.13. The normalized spacial score (nSPS) is 10.3. The van der Waals surface area contributed by atoms with Crippen LogP contribution >= 0.6 is 0 Å². The molecule has 23 heavy (non-hydrogen) atoms. The Bertz CT molecular complexity index is 691. The quantitative estimate of drug-likeness (QED) is 0.821. The van der Waals surface area contributed by atoms with Gasteiger partial charge >= 0.3 is 0 Å². The number of rotatable bonds is 6. The van der Waals surface area contributed by atoms with Gasteiger partial charge in [0.2, 0.25) is 5.91 Å². The van der Waals surface area contributed by atoms with E-state index in [1.807, 2.05) is 30.9 Å². The van der Waals surface area contributed by atoms with Crippen LogP contribution in [0.4, 0.5) is 0 Å². The van der Waals surface area contributed by atoms with E-state index in [2.05, 4.69) is 18.1 Å². The number of nitriles is 1. The molecular formula is C18H21N3O2. The molecule has 120 valence electrons. The maximum absolute atomic E-state index is 12.6. The fraction of sp³-hybridized carbons (Fsp3) is 0.389. The Labute approximate surface area is 136 Å². The minimum absolute atomic E-state index is 0.0607. The molecule has 0 radical (unpaired) electrons. The summed E-state index contributed by atoms with van der Waals surface area (Å²) in [5.74, 6) is 0.760. The molecule has 0 saturated carbocycles. The van der Waals surface area contributed by atoms with Crippen molar-refractivity contribution in [3.05, 3.63) is 52.4 Å². The molecule has 1 aromatic carbocycles. The van der Waals surface area contributed by atoms with Gasteiger partial charge in [0.15, 0.2) is 0 Å². The third-order valence-corrected chi connectivity index (χ3v) is 3.81. The molecule has 0 saturated heterocycles. The number of carbonyl (C=O) groups is 1. The van der Waals surface area contributed by atoms with Crippen molar-refractivity contribution in [1.82, 2.24) is 10.1 Å². The van der Waals surface area contributed by atoms with Gasteiger partial charge in [-0.15, -0.1) is 0 Å². The van der Waals surface area contributed by atoms with Crippen LogP contribution in [0.2, 0.25) is 0 Å². The van der Waals surface area contributed by atoms with E-state index in [0.29, 0.717) is 30.8 Å². The van der Waals surface area contributed by atoms with E-state index in [4.69, 9.17) is 9.78 Å². The first-order valence-electron chi connectivity index (χ1n) is 7.73. The molecule has 5 nitrogen and oxygen atoms in total. The number of hydrogen-bond acceptors (Lipinski definition) is 4. The van der Waals surface area contributed by atoms with Crippen LogP contribution in [0.15, 0.2) is 28.8 Å². The minimum Gasteiger partial charge on any atom is -0.361 e. The molecule has 0 fully saturated rings. The molecule has 0 aliphatic heterocycles. The van der Waals surface area contributed by atoms with Crippen LogP contribution in [0.3, 0.4) is 0 Å². The van der Waals surface area contributed by atoms with Crippen LogP contribution in [0.5, 0.6) is 0 Å². The zero-order valence-corrected chi connectivity index (χ0v) is 13.8. The molecule has 0 atom stereocenters. The highest BCUT2D eigenvalue weighted by Gasteiger charge is 2.18. The predicted molar refractivity (Wildman–Crippen MR) is 86.5 cm³/mol. The van der Waals surface area contributed by atoms with Crippen LogP contribution in [0, 0.1) is 25.2 Å². The number of aryl methyl sites for hydroxylation is 2. The number of carbonyl (C=O) groups excluding carboxylic acids is 1. The number of amides is 1. The van der Waals surface area contributed by atoms with E-state index < -0.39 is 0 Å². The third kappa shape index (κ3) is 4.19. The van der Waals surface area contributed by atoms with Gasteiger partial charge in [-0.2, -0.15) is 5.26 Å². The SMILES string of the molecule is CCCN(Cc1ccc(C#N)cc1)C(=O)Cc1c(C)noc1C. The van der Waals surface area contributed by atoms with Gasteiger partial charge in [-0.3, -0.25) is 4.79 Å². The standard InChI is InChI=1S/C18H21N3O2/c1-4-9-21(12-16-7-5-15(11-19)6-8-16)18(22)10-17-13(2)20-23-14(17)3/h5-8H,4,9-10,12H2,1-3H3. The second-order valence-electron chi connectivity index (χ2n) is 5.60. The number of benzene rings is 1. The molecule has 0 spiro atoms. The Hall–Kier alpha value is -2.61. The fourth-order valence-electron chi connectivity index (χ4n) is 2.48. The summed E-state index contributed by atoms with van der Waals surface area (Å²) in [6, 6.07) is 9.44. The predicted octanol–water partition coefficient (Wildman–Crippen LogP) is 3.14. The summed E-state index contributed by atoms with van der Waals surface area (Å²) in [7, 11) is 0. The second kappa shape index (κ2) is 7.59. The van der Waals surface area contributed by atoms with Gasteiger partial charge in [-0.05, 0) is 38.0 Å². The lowest BCUT2D eigenvalue weighted by molar-refractivity contribution is -0.131. The van der Waals surface area contributed by atoms with E-state index in [1.54, 1.807) is 12.1 Å². The van der Waals surface area contributed by atoms with Gasteiger partial charge < -0.3 is 9.42 Å². The van der Waals surface area contributed by atoms with Crippen molar-refractivity contribution in [3.63, 3.8) is 0 Å². The molecule has 5 heteroatoms. The molecule has 0 aliphatic carbocycles. The summed E-state index contributed by atoms with van der Waals surface area (Å²) in [4.78, 5) is 14.5. The van der Waals surface area contributed by atoms with Crippen LogP contribution in [0.25, 0.3) is 0 Å². The first kappa shape index (κ1) is 16.8. The maximum Gasteiger partial charge on any atom is 0.227 e. The summed E-state index contributed by atoms with van der Waals surface area (Å²) in [6.45, 7) is 6.97. The summed E-state index contributed by atoms with van der Waals surface area (Å²) in [5.41, 5.74) is 3.28. The monoisotopic (exact) mass is 311 g/mol. The first-order valence-corrected chi connectivity index (χ1v) is 7.73. The zero-order chi connectivity index (χ0) is 16.8. The third-order valence-electron chi connectivity index (χ3n) is 3.81. The molecule has 0 N–H and O–H groups in total. The lowest BCUT2D eigenvalue weighted by atomic mass is 10.1. The molecule has 2 rings (SSSR count). The lowest BCUT2D eigenvalue weighted by Crippen LogP contribution is -2.32. The molecular weight excluding hydrogens is 290 g/mol. The first-order chi connectivity index (χ1) is 11.0. The highest BCUT2D eigenvalue weighted by Crippen LogP contribution is 2.15. The van der Waals surface area contributed by atoms with Gasteiger partial charge in [-0.1, -0.05) is 24.2 Å². The highest BCUT2D eigenvalue weighted by molar-refractivity contribution is 5.79. The van der Waals surface area contributed by atoms with E-state index in [9.17, 15) is 4.79 Å². The summed E-state index contributed by atoms with van der Waals surface area (Å²) >= 11 is 0. The molecule has 1 heterocycles. The molecule has 0 bridgehead atoms. The van der Waals surface area contributed by atoms with Crippen molar-refractivity contribution in [2.75, 3.05) is 6.54 Å². The van der Waals surface area contributed by atoms with E-state index in [0.717, 1.165) is 23.2 Å². The van der Waals surface area contributed by atoms with Crippen LogP contribution in [-0.2, 0) is 17.8 Å². The number of hydrogen-bond donors (Lipinski definition) is 0. The minimum atomic E-state index is 0.0607. The fourth-order valence-corrected chi connectivity index (χ4v) is 2.48. The van der Waals surface area contributed by atoms with Crippen LogP contribution in [-0.4, -0.2) is 22.5 Å². The average Bonchev–Trinajstić information content (AvgIpc) is 2.87. The van der Waals surface area contributed by atoms with Crippen molar-refractivity contribution in [2.24, 2.45) is 0 Å². The number of nitrogens with zero attached hydrogens (tertiary/aromatic N) is 3. The van der Waals surface area contributed by atoms with Gasteiger partial charge in [0, 0.05) is 18.7 Å². The van der Waals surface area contributed by atoms with E-state index in [-0.39, 0.29) is 5.91 Å². The largest absolute Gasteiger partial charge is 0.361 e. The van der Waals surface area contributed by atoms with Crippen LogP contribution < -0.4 is 0 Å². The van der Waals surface area contributed by atoms with Crippen molar-refractivity contribution in [2.45, 2.75) is 40.2 Å². The Balaban J connectivity index is 2.10. The van der Waals surface area contributed by atoms with E-state index >= 15 is 0 Å². The lowest BCUT2D eigenvalue weighted by Gasteiger charge is -2.22. The Morgan fingerprint density at radius 1 is 1.30 bits per heavy atom. The molecule has 1 aromatic heterocycles. The molecule has 0 unspecified atom stereocenters. The topological polar surface area (TPSA) is 70.1 Å². The van der Waals surface area contributed by atoms with Gasteiger partial charge in [-0.25, -0.2) is 0 Å². The Kier molecular flexibility index (Phi) is 5.53. The molecule has 1 amide bonds. The van der Waals surface area contributed by atoms with Gasteiger partial charge in [0.25, 0.3) is 0 Å². The van der Waals surface area contributed by atoms with E-state index in [1.165, 1.54) is 0 Å². The zero-order valence-electron chi connectivity index (χ0n) is 13.8. The van der Waals surface area contributed by atoms with Gasteiger partial charge in [0.1, 0.15) is 5.76 Å². The molecule has 2 aromatic rings. The van der Waals surface area contributed by atoms with Crippen molar-refractivity contribution < 1.29 is 9.32 Å². The van der Waals surface area contributed by atoms with Crippen LogP contribution in [0.1, 0.15) is 41.5 Å². The van der Waals surface area contributed by atoms with Crippen molar-refractivity contribution >= 4 is 5.91 Å².